The summed E-state index contributed by atoms with van der Waals surface area (Å²) in [6.07, 6.45) is 1.44. The number of hydrogen-bond acceptors (Lipinski definition) is 3. The zero-order valence-electron chi connectivity index (χ0n) is 9.21. The van der Waals surface area contributed by atoms with Crippen molar-refractivity contribution in [2.45, 2.75) is 18.3 Å². The Morgan fingerprint density at radius 3 is 2.44 bits per heavy atom. The van der Waals surface area contributed by atoms with E-state index in [1.54, 1.807) is 0 Å². The van der Waals surface area contributed by atoms with Gasteiger partial charge in [-0.3, -0.25) is 0 Å². The minimum absolute atomic E-state index is 0.124. The van der Waals surface area contributed by atoms with Crippen LogP contribution in [0.2, 0.25) is 0 Å². The van der Waals surface area contributed by atoms with Gasteiger partial charge in [0.25, 0.3) is 0 Å². The molecule has 0 saturated heterocycles. The maximum absolute atomic E-state index is 13.6. The van der Waals surface area contributed by atoms with E-state index in [-0.39, 0.29) is 5.75 Å². The van der Waals surface area contributed by atoms with Crippen molar-refractivity contribution in [3.8, 4) is 17.6 Å². The van der Waals surface area contributed by atoms with Crippen LogP contribution in [0.1, 0.15) is 18.4 Å². The standard InChI is InChI=1S/C12H12FNO2/c1-15-9-4-3-8(13)11(16-2)10(9)12(7-14)5-6-12/h3-4H,5-6H2,1-2H3. The average molecular weight is 221 g/mol. The summed E-state index contributed by atoms with van der Waals surface area (Å²) in [7, 11) is 2.90. The molecule has 3 nitrogen and oxygen atoms in total. The molecule has 1 aromatic rings. The highest BCUT2D eigenvalue weighted by Gasteiger charge is 2.49. The van der Waals surface area contributed by atoms with E-state index >= 15 is 0 Å². The smallest absolute Gasteiger partial charge is 0.165 e. The summed E-state index contributed by atoms with van der Waals surface area (Å²) in [5.74, 6) is 0.176. The van der Waals surface area contributed by atoms with Gasteiger partial charge in [-0.2, -0.15) is 5.26 Å². The van der Waals surface area contributed by atoms with Crippen LogP contribution in [0.4, 0.5) is 4.39 Å². The quantitative estimate of drug-likeness (QED) is 0.787. The first-order chi connectivity index (χ1) is 7.68. The zero-order chi connectivity index (χ0) is 11.8. The van der Waals surface area contributed by atoms with Crippen molar-refractivity contribution in [3.63, 3.8) is 0 Å². The highest BCUT2D eigenvalue weighted by Crippen LogP contribution is 2.54. The first-order valence-electron chi connectivity index (χ1n) is 5.01. The fraction of sp³-hybridized carbons (Fsp3) is 0.417. The molecule has 4 heteroatoms. The third kappa shape index (κ3) is 1.40. The number of ether oxygens (including phenoxy) is 2. The zero-order valence-corrected chi connectivity index (χ0v) is 9.21. The second kappa shape index (κ2) is 3.67. The lowest BCUT2D eigenvalue weighted by Gasteiger charge is -2.16. The van der Waals surface area contributed by atoms with Gasteiger partial charge in [-0.1, -0.05) is 0 Å². The summed E-state index contributed by atoms with van der Waals surface area (Å²) >= 11 is 0. The van der Waals surface area contributed by atoms with E-state index in [9.17, 15) is 4.39 Å². The van der Waals surface area contributed by atoms with Gasteiger partial charge in [-0.05, 0) is 25.0 Å². The van der Waals surface area contributed by atoms with E-state index in [4.69, 9.17) is 14.7 Å². The summed E-state index contributed by atoms with van der Waals surface area (Å²) in [4.78, 5) is 0. The van der Waals surface area contributed by atoms with Gasteiger partial charge in [-0.15, -0.1) is 0 Å². The van der Waals surface area contributed by atoms with Crippen LogP contribution in [0.15, 0.2) is 12.1 Å². The molecule has 0 unspecified atom stereocenters. The predicted molar refractivity (Wildman–Crippen MR) is 56.0 cm³/mol. The second-order valence-electron chi connectivity index (χ2n) is 3.85. The summed E-state index contributed by atoms with van der Waals surface area (Å²) < 4.78 is 23.8. The van der Waals surface area contributed by atoms with Gasteiger partial charge in [0.1, 0.15) is 5.75 Å². The molecular formula is C12H12FNO2. The Labute approximate surface area is 93.4 Å². The van der Waals surface area contributed by atoms with Crippen LogP contribution < -0.4 is 9.47 Å². The van der Waals surface area contributed by atoms with Crippen molar-refractivity contribution in [3.05, 3.63) is 23.5 Å². The Morgan fingerprint density at radius 2 is 2.00 bits per heavy atom. The molecule has 0 atom stereocenters. The molecule has 1 saturated carbocycles. The average Bonchev–Trinajstić information content (AvgIpc) is 3.09. The SMILES string of the molecule is COc1ccc(F)c(OC)c1C1(C#N)CC1. The largest absolute Gasteiger partial charge is 0.496 e. The number of benzene rings is 1. The van der Waals surface area contributed by atoms with Crippen molar-refractivity contribution in [1.29, 1.82) is 5.26 Å². The molecular weight excluding hydrogens is 209 g/mol. The highest BCUT2D eigenvalue weighted by molar-refractivity contribution is 5.56. The lowest BCUT2D eigenvalue weighted by atomic mass is 9.95. The fourth-order valence-corrected chi connectivity index (χ4v) is 1.90. The van der Waals surface area contributed by atoms with Crippen LogP contribution in [0.25, 0.3) is 0 Å². The van der Waals surface area contributed by atoms with Crippen molar-refractivity contribution >= 4 is 0 Å². The van der Waals surface area contributed by atoms with E-state index < -0.39 is 11.2 Å². The van der Waals surface area contributed by atoms with E-state index in [0.717, 1.165) is 12.8 Å². The molecule has 2 rings (SSSR count). The van der Waals surface area contributed by atoms with Crippen LogP contribution in [0.3, 0.4) is 0 Å². The Balaban J connectivity index is 2.65. The number of hydrogen-bond donors (Lipinski definition) is 0. The summed E-state index contributed by atoms with van der Waals surface area (Å²) in [6, 6.07) is 5.04. The Hall–Kier alpha value is -1.76. The monoisotopic (exact) mass is 221 g/mol. The van der Waals surface area contributed by atoms with Crippen LogP contribution in [-0.4, -0.2) is 14.2 Å². The Bertz CT molecular complexity index is 461. The fourth-order valence-electron chi connectivity index (χ4n) is 1.90. The molecule has 0 amide bonds. The molecule has 0 bridgehead atoms. The molecule has 1 aliphatic carbocycles. The van der Waals surface area contributed by atoms with Gasteiger partial charge >= 0.3 is 0 Å². The van der Waals surface area contributed by atoms with E-state index in [0.29, 0.717) is 11.3 Å². The molecule has 0 N–H and O–H groups in total. The number of halogens is 1. The summed E-state index contributed by atoms with van der Waals surface area (Å²) in [5, 5.41) is 9.16. The molecule has 0 spiro atoms. The number of rotatable bonds is 3. The van der Waals surface area contributed by atoms with E-state index in [1.165, 1.54) is 26.4 Å². The predicted octanol–water partition coefficient (Wildman–Crippen LogP) is 2.40. The van der Waals surface area contributed by atoms with Gasteiger partial charge in [0.2, 0.25) is 0 Å². The molecule has 1 aliphatic rings. The van der Waals surface area contributed by atoms with Gasteiger partial charge < -0.3 is 9.47 Å². The number of methoxy groups -OCH3 is 2. The van der Waals surface area contributed by atoms with Crippen molar-refractivity contribution in [2.75, 3.05) is 14.2 Å². The minimum Gasteiger partial charge on any atom is -0.496 e. The maximum atomic E-state index is 13.6. The lowest BCUT2D eigenvalue weighted by molar-refractivity contribution is 0.362. The van der Waals surface area contributed by atoms with Crippen molar-refractivity contribution in [2.24, 2.45) is 0 Å². The summed E-state index contributed by atoms with van der Waals surface area (Å²) in [6.45, 7) is 0. The van der Waals surface area contributed by atoms with Gasteiger partial charge in [0, 0.05) is 0 Å². The first kappa shape index (κ1) is 10.7. The third-order valence-electron chi connectivity index (χ3n) is 2.94. The van der Waals surface area contributed by atoms with Crippen LogP contribution in [-0.2, 0) is 5.41 Å². The Morgan fingerprint density at radius 1 is 1.31 bits per heavy atom. The van der Waals surface area contributed by atoms with Crippen molar-refractivity contribution < 1.29 is 13.9 Å². The van der Waals surface area contributed by atoms with E-state index in [1.807, 2.05) is 0 Å². The Kier molecular flexibility index (Phi) is 2.47. The molecule has 1 fully saturated rings. The van der Waals surface area contributed by atoms with Crippen LogP contribution >= 0.6 is 0 Å². The third-order valence-corrected chi connectivity index (χ3v) is 2.94. The normalized spacial score (nSPS) is 16.4. The molecule has 0 heterocycles. The lowest BCUT2D eigenvalue weighted by Crippen LogP contribution is -2.09. The molecule has 0 aromatic heterocycles. The molecule has 0 aliphatic heterocycles. The topological polar surface area (TPSA) is 42.2 Å². The van der Waals surface area contributed by atoms with Gasteiger partial charge in [-0.25, -0.2) is 4.39 Å². The highest BCUT2D eigenvalue weighted by atomic mass is 19.1. The maximum Gasteiger partial charge on any atom is 0.165 e. The van der Waals surface area contributed by atoms with E-state index in [2.05, 4.69) is 6.07 Å². The van der Waals surface area contributed by atoms with Crippen LogP contribution in [0.5, 0.6) is 11.5 Å². The number of nitriles is 1. The van der Waals surface area contributed by atoms with Crippen LogP contribution in [0, 0.1) is 17.1 Å². The van der Waals surface area contributed by atoms with Crippen molar-refractivity contribution in [1.82, 2.24) is 0 Å². The van der Waals surface area contributed by atoms with Gasteiger partial charge in [0.05, 0.1) is 31.3 Å². The molecule has 0 radical (unpaired) electrons. The van der Waals surface area contributed by atoms with Gasteiger partial charge in [0.15, 0.2) is 11.6 Å². The number of nitrogens with zero attached hydrogens (tertiary/aromatic N) is 1. The minimum atomic E-state index is -0.626. The summed E-state index contributed by atoms with van der Waals surface area (Å²) in [5.41, 5.74) is -0.0845. The second-order valence-corrected chi connectivity index (χ2v) is 3.85. The first-order valence-corrected chi connectivity index (χ1v) is 5.01. The molecule has 16 heavy (non-hydrogen) atoms. The molecule has 84 valence electrons. The molecule has 1 aromatic carbocycles.